The van der Waals surface area contributed by atoms with Crippen LogP contribution in [0.1, 0.15) is 68.2 Å². The number of aromatic nitrogens is 2. The molecule has 14 nitrogen and oxygen atoms in total. The fourth-order valence-electron chi connectivity index (χ4n) is 9.02. The van der Waals surface area contributed by atoms with Crippen molar-refractivity contribution in [2.45, 2.75) is 65.3 Å². The second kappa shape index (κ2) is 17.5. The molecule has 2 aliphatic heterocycles. The first-order valence-electron chi connectivity index (χ1n) is 20.0. The smallest absolute Gasteiger partial charge is 0.259 e. The summed E-state index contributed by atoms with van der Waals surface area (Å²) in [4.78, 5) is 60.5. The number of imide groups is 1. The normalized spacial score (nSPS) is 21.4. The van der Waals surface area contributed by atoms with E-state index < -0.39 is 11.9 Å². The molecule has 2 saturated heterocycles. The minimum atomic E-state index is -0.778. The maximum Gasteiger partial charge on any atom is 0.259 e. The first-order chi connectivity index (χ1) is 28.3. The van der Waals surface area contributed by atoms with E-state index in [0.717, 1.165) is 43.9 Å². The summed E-state index contributed by atoms with van der Waals surface area (Å²) in [5.41, 5.74) is 0.419. The van der Waals surface area contributed by atoms with Gasteiger partial charge in [0.05, 0.1) is 42.6 Å². The summed E-state index contributed by atoms with van der Waals surface area (Å²) in [5, 5.41) is 16.4. The molecular weight excluding hydrogens is 774 g/mol. The lowest BCUT2D eigenvalue weighted by molar-refractivity contribution is -0.164. The number of nitriles is 1. The van der Waals surface area contributed by atoms with Crippen LogP contribution in [0, 0.1) is 22.2 Å². The summed E-state index contributed by atoms with van der Waals surface area (Å²) >= 11 is 6.24. The fourth-order valence-corrected chi connectivity index (χ4v) is 9.23. The summed E-state index contributed by atoms with van der Waals surface area (Å²) in [5.74, 6) is 0.401. The van der Waals surface area contributed by atoms with Crippen LogP contribution in [0.4, 0.5) is 5.82 Å². The highest BCUT2D eigenvalue weighted by atomic mass is 35.5. The Morgan fingerprint density at radius 3 is 2.41 bits per heavy atom. The number of carbonyl (C=O) groups excluding carboxylic acids is 3. The number of halogens is 1. The number of hydrogen-bond acceptors (Lipinski definition) is 11. The molecule has 4 heterocycles. The van der Waals surface area contributed by atoms with Crippen LogP contribution in [-0.4, -0.2) is 96.9 Å². The van der Waals surface area contributed by atoms with Crippen LogP contribution in [0.2, 0.25) is 5.02 Å². The Balaban J connectivity index is 0.827. The molecule has 1 saturated carbocycles. The Bertz CT molecular complexity index is 2300. The van der Waals surface area contributed by atoms with Gasteiger partial charge in [-0.1, -0.05) is 57.5 Å². The number of pyridine rings is 2. The van der Waals surface area contributed by atoms with Crippen LogP contribution in [0.5, 0.6) is 5.75 Å². The van der Waals surface area contributed by atoms with Crippen molar-refractivity contribution >= 4 is 45.9 Å². The topological polar surface area (TPSA) is 168 Å². The van der Waals surface area contributed by atoms with Crippen LogP contribution < -0.4 is 25.8 Å². The molecule has 7 rings (SSSR count). The van der Waals surface area contributed by atoms with Crippen LogP contribution in [-0.2, 0) is 25.7 Å². The van der Waals surface area contributed by atoms with Crippen molar-refractivity contribution in [1.29, 1.82) is 5.26 Å². The lowest BCUT2D eigenvalue weighted by atomic mass is 9.49. The minimum Gasteiger partial charge on any atom is -0.489 e. The molecule has 59 heavy (non-hydrogen) atoms. The standard InChI is InChI=1S/C44H50ClN7O7/c1-43(2)41(44(3,4)42(43)59-32-11-9-29(25-46)34(45)24-32)49-38(54)30-10-13-36(47-26-30)51-17-15-50(16-18-51)19-20-57-21-22-58-27-31-23-28-7-5-6-8-33(28)40(56)52(31)35-12-14-37(53)48-39(35)55/h5-11,13,23-24,26,35,41-42H,12,14-22,27H2,1-4H3,(H,49,54)(H,48,53,55). The van der Waals surface area contributed by atoms with Gasteiger partial charge in [0, 0.05) is 79.4 Å². The molecule has 1 atom stereocenters. The zero-order valence-corrected chi connectivity index (χ0v) is 34.6. The quantitative estimate of drug-likeness (QED) is 0.132. The number of benzene rings is 2. The number of hydrogen-bond donors (Lipinski definition) is 2. The molecule has 0 bridgehead atoms. The highest BCUT2D eigenvalue weighted by molar-refractivity contribution is 6.31. The molecule has 15 heteroatoms. The van der Waals surface area contributed by atoms with E-state index in [1.54, 1.807) is 36.5 Å². The van der Waals surface area contributed by atoms with E-state index in [9.17, 15) is 24.4 Å². The summed E-state index contributed by atoms with van der Waals surface area (Å²) < 4.78 is 19.6. The first-order valence-corrected chi connectivity index (χ1v) is 20.4. The number of nitrogens with zero attached hydrogens (tertiary/aromatic N) is 5. The van der Waals surface area contributed by atoms with E-state index in [4.69, 9.17) is 25.8 Å². The maximum atomic E-state index is 13.5. The van der Waals surface area contributed by atoms with Gasteiger partial charge in [0.1, 0.15) is 29.8 Å². The second-order valence-electron chi connectivity index (χ2n) is 16.6. The van der Waals surface area contributed by atoms with Gasteiger partial charge in [-0.25, -0.2) is 4.98 Å². The number of carbonyl (C=O) groups is 3. The monoisotopic (exact) mass is 823 g/mol. The Labute approximate surface area is 348 Å². The van der Waals surface area contributed by atoms with E-state index in [1.165, 1.54) is 4.57 Å². The van der Waals surface area contributed by atoms with Crippen molar-refractivity contribution in [3.63, 3.8) is 0 Å². The third kappa shape index (κ3) is 8.84. The molecular formula is C44H50ClN7O7. The third-order valence-corrected chi connectivity index (χ3v) is 12.2. The van der Waals surface area contributed by atoms with Crippen LogP contribution in [0.3, 0.4) is 0 Å². The summed E-state index contributed by atoms with van der Waals surface area (Å²) in [6.45, 7) is 13.7. The van der Waals surface area contributed by atoms with E-state index in [0.29, 0.717) is 52.8 Å². The van der Waals surface area contributed by atoms with Gasteiger partial charge in [0.2, 0.25) is 11.8 Å². The predicted octanol–water partition coefficient (Wildman–Crippen LogP) is 4.87. The Hall–Kier alpha value is -5.33. The van der Waals surface area contributed by atoms with E-state index >= 15 is 0 Å². The fraction of sp³-hybridized carbons (Fsp3) is 0.455. The third-order valence-electron chi connectivity index (χ3n) is 11.9. The van der Waals surface area contributed by atoms with Crippen molar-refractivity contribution in [1.82, 2.24) is 25.1 Å². The average Bonchev–Trinajstić information content (AvgIpc) is 3.22. The van der Waals surface area contributed by atoms with Gasteiger partial charge in [-0.05, 0) is 48.2 Å². The molecule has 3 amide bonds. The number of nitrogens with one attached hydrogen (secondary N) is 2. The summed E-state index contributed by atoms with van der Waals surface area (Å²) in [6.07, 6.45) is 1.85. The van der Waals surface area contributed by atoms with E-state index in [-0.39, 0.29) is 59.8 Å². The molecule has 1 aliphatic carbocycles. The number of rotatable bonds is 14. The second-order valence-corrected chi connectivity index (χ2v) is 17.0. The molecule has 3 fully saturated rings. The lowest BCUT2D eigenvalue weighted by Gasteiger charge is -2.63. The molecule has 2 N–H and O–H groups in total. The zero-order chi connectivity index (χ0) is 41.9. The van der Waals surface area contributed by atoms with Gasteiger partial charge in [-0.2, -0.15) is 5.26 Å². The maximum absolute atomic E-state index is 13.5. The number of ether oxygens (including phenoxy) is 3. The van der Waals surface area contributed by atoms with E-state index in [2.05, 4.69) is 59.2 Å². The predicted molar refractivity (Wildman–Crippen MR) is 222 cm³/mol. The Morgan fingerprint density at radius 2 is 1.71 bits per heavy atom. The molecule has 3 aliphatic rings. The van der Waals surface area contributed by atoms with Gasteiger partial charge in [0.25, 0.3) is 11.5 Å². The molecule has 2 aromatic heterocycles. The summed E-state index contributed by atoms with van der Waals surface area (Å²) in [7, 11) is 0. The molecule has 0 spiro atoms. The van der Waals surface area contributed by atoms with Gasteiger partial charge in [0.15, 0.2) is 0 Å². The van der Waals surface area contributed by atoms with Crippen molar-refractivity contribution < 1.29 is 28.6 Å². The molecule has 1 unspecified atom stereocenters. The summed E-state index contributed by atoms with van der Waals surface area (Å²) in [6, 6.07) is 19.0. The molecule has 0 radical (unpaired) electrons. The van der Waals surface area contributed by atoms with Gasteiger partial charge >= 0.3 is 0 Å². The van der Waals surface area contributed by atoms with Gasteiger partial charge in [-0.3, -0.25) is 34.0 Å². The Kier molecular flexibility index (Phi) is 12.4. The van der Waals surface area contributed by atoms with Crippen LogP contribution in [0.25, 0.3) is 10.8 Å². The van der Waals surface area contributed by atoms with Gasteiger partial charge in [-0.15, -0.1) is 0 Å². The zero-order valence-electron chi connectivity index (χ0n) is 33.8. The number of amides is 3. The number of piperazine rings is 1. The first kappa shape index (κ1) is 41.8. The lowest BCUT2D eigenvalue weighted by Crippen LogP contribution is -2.74. The van der Waals surface area contributed by atoms with Crippen LogP contribution in [0.15, 0.2) is 71.7 Å². The molecule has 4 aromatic rings. The highest BCUT2D eigenvalue weighted by Crippen LogP contribution is 2.55. The minimum absolute atomic E-state index is 0.119. The SMILES string of the molecule is CC1(C)C(NC(=O)c2ccc(N3CCN(CCOCCOCc4cc5ccccc5c(=O)n4C4CCC(=O)NC4=O)CC3)nc2)C(C)(C)C1Oc1ccc(C#N)c(Cl)c1. The van der Waals surface area contributed by atoms with E-state index in [1.807, 2.05) is 30.3 Å². The largest absolute Gasteiger partial charge is 0.489 e. The molecule has 310 valence electrons. The van der Waals surface area contributed by atoms with Crippen molar-refractivity contribution in [3.8, 4) is 11.8 Å². The number of piperidine rings is 1. The number of fused-ring (bicyclic) bond motifs is 1. The number of anilines is 1. The Morgan fingerprint density at radius 1 is 0.966 bits per heavy atom. The van der Waals surface area contributed by atoms with Crippen molar-refractivity contribution in [2.24, 2.45) is 10.8 Å². The molecule has 2 aromatic carbocycles. The van der Waals surface area contributed by atoms with Crippen molar-refractivity contribution in [2.75, 3.05) is 57.4 Å². The van der Waals surface area contributed by atoms with Gasteiger partial charge < -0.3 is 24.4 Å². The highest BCUT2D eigenvalue weighted by Gasteiger charge is 2.64. The van der Waals surface area contributed by atoms with Crippen molar-refractivity contribution in [3.05, 3.63) is 99.1 Å². The van der Waals surface area contributed by atoms with Crippen LogP contribution >= 0.6 is 11.6 Å². The average molecular weight is 824 g/mol.